The molecule has 0 aliphatic carbocycles. The topological polar surface area (TPSA) is 3.24 Å². The summed E-state index contributed by atoms with van der Waals surface area (Å²) >= 11 is 1.85. The summed E-state index contributed by atoms with van der Waals surface area (Å²) in [4.78, 5) is 2.48. The van der Waals surface area contributed by atoms with Gasteiger partial charge >= 0.3 is 0 Å². The highest BCUT2D eigenvalue weighted by molar-refractivity contribution is 7.25. The molecule has 0 bridgehead atoms. The molecule has 0 amide bonds. The lowest BCUT2D eigenvalue weighted by molar-refractivity contribution is 1.29. The maximum Gasteiger partial charge on any atom is 0.0618 e. The third-order valence-electron chi connectivity index (χ3n) is 12.7. The first-order valence-corrected chi connectivity index (χ1v) is 22.7. The molecule has 0 saturated carbocycles. The Balaban J connectivity index is 1.07. The number of para-hydroxylation sites is 1. The van der Waals surface area contributed by atoms with E-state index >= 15 is 0 Å². The molecule has 0 saturated heterocycles. The Labute approximate surface area is 377 Å². The SMILES string of the molecule is c1ccc(-c2cccc(-c3ccccc3)c2N(c2ccc(-c3ccc4c(c3)c(-c3ccccc3)c(-c3ccccc3)c3ccccc34)cc2)c2ccc3sc4ccccc4c3c2)cc1. The van der Waals surface area contributed by atoms with Gasteiger partial charge in [0.1, 0.15) is 0 Å². The van der Waals surface area contributed by atoms with Crippen LogP contribution in [0.1, 0.15) is 0 Å². The van der Waals surface area contributed by atoms with Crippen LogP contribution in [0.5, 0.6) is 0 Å². The number of nitrogens with zero attached hydrogens (tertiary/aromatic N) is 1. The Morgan fingerprint density at radius 1 is 0.250 bits per heavy atom. The molecule has 0 N–H and O–H groups in total. The lowest BCUT2D eigenvalue weighted by Crippen LogP contribution is -2.12. The normalized spacial score (nSPS) is 11.4. The van der Waals surface area contributed by atoms with Crippen LogP contribution < -0.4 is 4.90 Å². The Morgan fingerprint density at radius 3 is 1.34 bits per heavy atom. The van der Waals surface area contributed by atoms with E-state index in [-0.39, 0.29) is 0 Å². The summed E-state index contributed by atoms with van der Waals surface area (Å²) in [7, 11) is 0. The van der Waals surface area contributed by atoms with Gasteiger partial charge in [0, 0.05) is 42.7 Å². The van der Waals surface area contributed by atoms with E-state index in [0.29, 0.717) is 0 Å². The highest BCUT2D eigenvalue weighted by atomic mass is 32.1. The van der Waals surface area contributed by atoms with Gasteiger partial charge in [0.05, 0.1) is 5.69 Å². The van der Waals surface area contributed by atoms with Crippen molar-refractivity contribution in [2.45, 2.75) is 0 Å². The molecule has 0 unspecified atom stereocenters. The van der Waals surface area contributed by atoms with Crippen molar-refractivity contribution in [2.24, 2.45) is 0 Å². The molecule has 1 nitrogen and oxygen atoms in total. The predicted molar refractivity (Wildman–Crippen MR) is 276 cm³/mol. The maximum atomic E-state index is 2.48. The Kier molecular flexibility index (Phi) is 9.43. The zero-order chi connectivity index (χ0) is 42.4. The monoisotopic (exact) mass is 831 g/mol. The van der Waals surface area contributed by atoms with Crippen LogP contribution in [-0.2, 0) is 0 Å². The van der Waals surface area contributed by atoms with Crippen LogP contribution in [0.15, 0.2) is 249 Å². The molecule has 2 heteroatoms. The van der Waals surface area contributed by atoms with Crippen molar-refractivity contribution in [3.63, 3.8) is 0 Å². The van der Waals surface area contributed by atoms with Crippen molar-refractivity contribution in [3.8, 4) is 55.6 Å². The van der Waals surface area contributed by atoms with Crippen molar-refractivity contribution >= 4 is 70.1 Å². The molecule has 12 aromatic rings. The molecule has 11 aromatic carbocycles. The first-order chi connectivity index (χ1) is 31.8. The minimum absolute atomic E-state index is 1.09. The molecule has 300 valence electrons. The van der Waals surface area contributed by atoms with Crippen LogP contribution in [0.3, 0.4) is 0 Å². The lowest BCUT2D eigenvalue weighted by Gasteiger charge is -2.30. The summed E-state index contributed by atoms with van der Waals surface area (Å²) in [5, 5.41) is 7.57. The summed E-state index contributed by atoms with van der Waals surface area (Å²) in [6.45, 7) is 0. The van der Waals surface area contributed by atoms with E-state index in [2.05, 4.69) is 254 Å². The van der Waals surface area contributed by atoms with Crippen LogP contribution in [0.2, 0.25) is 0 Å². The summed E-state index contributed by atoms with van der Waals surface area (Å²) in [6.07, 6.45) is 0. The van der Waals surface area contributed by atoms with Crippen LogP contribution in [0.4, 0.5) is 17.1 Å². The van der Waals surface area contributed by atoms with Crippen LogP contribution in [-0.4, -0.2) is 0 Å². The van der Waals surface area contributed by atoms with Crippen molar-refractivity contribution in [1.29, 1.82) is 0 Å². The Hall–Kier alpha value is -8.04. The fourth-order valence-corrected chi connectivity index (χ4v) is 10.8. The molecule has 0 spiro atoms. The smallest absolute Gasteiger partial charge is 0.0618 e. The summed E-state index contributed by atoms with van der Waals surface area (Å²) in [5.41, 5.74) is 15.3. The number of thiophene rings is 1. The lowest BCUT2D eigenvalue weighted by atomic mass is 9.84. The van der Waals surface area contributed by atoms with Crippen LogP contribution in [0.25, 0.3) is 97.4 Å². The fourth-order valence-electron chi connectivity index (χ4n) is 9.73. The minimum Gasteiger partial charge on any atom is -0.309 e. The van der Waals surface area contributed by atoms with E-state index in [1.165, 1.54) is 91.8 Å². The second-order valence-electron chi connectivity index (χ2n) is 16.4. The highest BCUT2D eigenvalue weighted by Crippen LogP contribution is 2.49. The third-order valence-corrected chi connectivity index (χ3v) is 13.8. The summed E-state index contributed by atoms with van der Waals surface area (Å²) in [5.74, 6) is 0. The quantitative estimate of drug-likeness (QED) is 0.138. The van der Waals surface area contributed by atoms with E-state index in [0.717, 1.165) is 22.6 Å². The number of rotatable bonds is 8. The number of benzene rings is 11. The summed E-state index contributed by atoms with van der Waals surface area (Å²) < 4.78 is 2.59. The van der Waals surface area contributed by atoms with Gasteiger partial charge in [0.2, 0.25) is 0 Å². The van der Waals surface area contributed by atoms with Crippen molar-refractivity contribution < 1.29 is 0 Å². The van der Waals surface area contributed by atoms with E-state index in [4.69, 9.17) is 0 Å². The molecule has 12 rings (SSSR count). The van der Waals surface area contributed by atoms with Gasteiger partial charge in [-0.1, -0.05) is 206 Å². The molecule has 0 fully saturated rings. The zero-order valence-electron chi connectivity index (χ0n) is 35.0. The van der Waals surface area contributed by atoms with Gasteiger partial charge in [-0.15, -0.1) is 11.3 Å². The first kappa shape index (κ1) is 37.7. The van der Waals surface area contributed by atoms with Gasteiger partial charge in [0.15, 0.2) is 0 Å². The fraction of sp³-hybridized carbons (Fsp3) is 0. The molecule has 0 atom stereocenters. The Morgan fingerprint density at radius 2 is 0.719 bits per heavy atom. The molecule has 64 heavy (non-hydrogen) atoms. The van der Waals surface area contributed by atoms with Gasteiger partial charge in [-0.25, -0.2) is 0 Å². The molecule has 0 aliphatic heterocycles. The molecule has 1 heterocycles. The average Bonchev–Trinajstić information content (AvgIpc) is 3.75. The molecule has 0 radical (unpaired) electrons. The minimum atomic E-state index is 1.09. The first-order valence-electron chi connectivity index (χ1n) is 21.9. The molecular weight excluding hydrogens is 791 g/mol. The molecule has 0 aliphatic rings. The molecule has 1 aromatic heterocycles. The van der Waals surface area contributed by atoms with E-state index < -0.39 is 0 Å². The predicted octanol–water partition coefficient (Wildman–Crippen LogP) is 18.2. The number of hydrogen-bond acceptors (Lipinski definition) is 2. The van der Waals surface area contributed by atoms with E-state index in [1.54, 1.807) is 0 Å². The molecular formula is C62H41NS. The highest BCUT2D eigenvalue weighted by Gasteiger charge is 2.23. The van der Waals surface area contributed by atoms with Crippen LogP contribution >= 0.6 is 11.3 Å². The van der Waals surface area contributed by atoms with E-state index in [1.807, 2.05) is 11.3 Å². The summed E-state index contributed by atoms with van der Waals surface area (Å²) in [6, 6.07) is 91.0. The standard InChI is InChI=1S/C62H41NS/c1-5-18-43(19-6-1)50-29-17-30-51(44-20-7-2-8-21-44)62(50)63(49-37-39-59-56(41-49)54-27-15-16-31-58(54)64-59)48-35-32-42(33-36-48)47-34-38-53-52-26-13-14-28-55(52)60(45-22-9-3-10-23-45)61(57(53)40-47)46-24-11-4-12-25-46/h1-41H. The number of fused-ring (bicyclic) bond motifs is 6. The number of anilines is 3. The van der Waals surface area contributed by atoms with Crippen molar-refractivity contribution in [1.82, 2.24) is 0 Å². The third kappa shape index (κ3) is 6.55. The van der Waals surface area contributed by atoms with Gasteiger partial charge in [-0.3, -0.25) is 0 Å². The maximum absolute atomic E-state index is 2.48. The number of hydrogen-bond donors (Lipinski definition) is 0. The largest absolute Gasteiger partial charge is 0.309 e. The average molecular weight is 832 g/mol. The van der Waals surface area contributed by atoms with Gasteiger partial charge in [0.25, 0.3) is 0 Å². The van der Waals surface area contributed by atoms with Crippen molar-refractivity contribution in [2.75, 3.05) is 4.90 Å². The van der Waals surface area contributed by atoms with Gasteiger partial charge in [-0.05, 0) is 109 Å². The van der Waals surface area contributed by atoms with Gasteiger partial charge in [-0.2, -0.15) is 0 Å². The zero-order valence-corrected chi connectivity index (χ0v) is 35.8. The van der Waals surface area contributed by atoms with E-state index in [9.17, 15) is 0 Å². The van der Waals surface area contributed by atoms with Crippen LogP contribution in [0, 0.1) is 0 Å². The second-order valence-corrected chi connectivity index (χ2v) is 17.5. The Bertz CT molecular complexity index is 3570. The van der Waals surface area contributed by atoms with Crippen molar-refractivity contribution in [3.05, 3.63) is 249 Å². The van der Waals surface area contributed by atoms with Gasteiger partial charge < -0.3 is 4.90 Å². The second kappa shape index (κ2) is 16.0.